The fourth-order valence-corrected chi connectivity index (χ4v) is 1.38. The second-order valence-electron chi connectivity index (χ2n) is 4.95. The second-order valence-corrected chi connectivity index (χ2v) is 4.95. The van der Waals surface area contributed by atoms with Gasteiger partial charge in [-0.3, -0.25) is 0 Å². The van der Waals surface area contributed by atoms with E-state index in [2.05, 4.69) is 20.8 Å². The minimum Gasteiger partial charge on any atom is -0.346 e. The van der Waals surface area contributed by atoms with Gasteiger partial charge in [-0.25, -0.2) is 4.39 Å². The van der Waals surface area contributed by atoms with Crippen LogP contribution in [-0.2, 0) is 16.0 Å². The molecule has 0 aliphatic carbocycles. The van der Waals surface area contributed by atoms with Gasteiger partial charge in [-0.1, -0.05) is 39.0 Å². The molecule has 2 heteroatoms. The SMILES string of the molecule is COC(C)(F)c1cccc(C(C)(C)C)c1. The quantitative estimate of drug-likeness (QED) is 0.722. The molecule has 0 aromatic heterocycles. The molecule has 0 aliphatic heterocycles. The maximum atomic E-state index is 13.9. The first kappa shape index (κ1) is 12.2. The van der Waals surface area contributed by atoms with Gasteiger partial charge < -0.3 is 4.74 Å². The van der Waals surface area contributed by atoms with E-state index in [1.54, 1.807) is 6.07 Å². The Kier molecular flexibility index (Phi) is 3.19. The van der Waals surface area contributed by atoms with Crippen LogP contribution < -0.4 is 0 Å². The van der Waals surface area contributed by atoms with Gasteiger partial charge in [-0.15, -0.1) is 0 Å². The Morgan fingerprint density at radius 2 is 1.60 bits per heavy atom. The number of hydrogen-bond donors (Lipinski definition) is 0. The highest BCUT2D eigenvalue weighted by Crippen LogP contribution is 2.30. The minimum atomic E-state index is -1.71. The minimum absolute atomic E-state index is 0.0276. The zero-order valence-corrected chi connectivity index (χ0v) is 10.1. The standard InChI is InChI=1S/C13H19FO/c1-12(2,3)10-7-6-8-11(9-10)13(4,14)15-5/h6-9H,1-5H3. The Balaban J connectivity index is 3.14. The van der Waals surface area contributed by atoms with E-state index < -0.39 is 5.85 Å². The van der Waals surface area contributed by atoms with E-state index in [-0.39, 0.29) is 5.41 Å². The molecule has 1 nitrogen and oxygen atoms in total. The summed E-state index contributed by atoms with van der Waals surface area (Å²) in [5.74, 6) is -1.71. The Morgan fingerprint density at radius 1 is 1.07 bits per heavy atom. The molecule has 1 aromatic carbocycles. The van der Waals surface area contributed by atoms with Gasteiger partial charge in [0, 0.05) is 12.7 Å². The van der Waals surface area contributed by atoms with E-state index >= 15 is 0 Å². The van der Waals surface area contributed by atoms with Crippen molar-refractivity contribution in [1.82, 2.24) is 0 Å². The maximum absolute atomic E-state index is 13.9. The van der Waals surface area contributed by atoms with Gasteiger partial charge in [-0.2, -0.15) is 0 Å². The molecule has 0 spiro atoms. The molecule has 84 valence electrons. The monoisotopic (exact) mass is 210 g/mol. The van der Waals surface area contributed by atoms with Crippen molar-refractivity contribution in [3.63, 3.8) is 0 Å². The fourth-order valence-electron chi connectivity index (χ4n) is 1.38. The number of methoxy groups -OCH3 is 1. The molecule has 0 fully saturated rings. The second kappa shape index (κ2) is 3.93. The van der Waals surface area contributed by atoms with Crippen LogP contribution in [0.1, 0.15) is 38.8 Å². The summed E-state index contributed by atoms with van der Waals surface area (Å²) in [5.41, 5.74) is 1.71. The van der Waals surface area contributed by atoms with Crippen molar-refractivity contribution in [2.24, 2.45) is 0 Å². The average molecular weight is 210 g/mol. The van der Waals surface area contributed by atoms with Gasteiger partial charge >= 0.3 is 0 Å². The molecule has 1 unspecified atom stereocenters. The van der Waals surface area contributed by atoms with Crippen molar-refractivity contribution < 1.29 is 9.13 Å². The molecule has 1 aromatic rings. The molecule has 1 rings (SSSR count). The topological polar surface area (TPSA) is 9.23 Å². The van der Waals surface area contributed by atoms with Crippen LogP contribution in [-0.4, -0.2) is 7.11 Å². The lowest BCUT2D eigenvalue weighted by Gasteiger charge is -2.23. The van der Waals surface area contributed by atoms with Crippen molar-refractivity contribution in [2.45, 2.75) is 39.0 Å². The molecular weight excluding hydrogens is 191 g/mol. The van der Waals surface area contributed by atoms with E-state index in [1.807, 2.05) is 18.2 Å². The number of rotatable bonds is 2. The van der Waals surface area contributed by atoms with Crippen LogP contribution in [0.15, 0.2) is 24.3 Å². The molecule has 1 atom stereocenters. The lowest BCUT2D eigenvalue weighted by molar-refractivity contribution is -0.112. The van der Waals surface area contributed by atoms with Gasteiger partial charge in [0.1, 0.15) is 0 Å². The van der Waals surface area contributed by atoms with Crippen molar-refractivity contribution in [3.8, 4) is 0 Å². The first-order chi connectivity index (χ1) is 6.77. The smallest absolute Gasteiger partial charge is 0.232 e. The zero-order chi connectivity index (χ0) is 11.7. The van der Waals surface area contributed by atoms with Gasteiger partial charge in [0.25, 0.3) is 0 Å². The normalized spacial score (nSPS) is 16.1. The van der Waals surface area contributed by atoms with Crippen LogP contribution in [0.4, 0.5) is 4.39 Å². The van der Waals surface area contributed by atoms with E-state index in [0.29, 0.717) is 5.56 Å². The summed E-state index contributed by atoms with van der Waals surface area (Å²) in [7, 11) is 1.38. The molecule has 0 saturated carbocycles. The lowest BCUT2D eigenvalue weighted by Crippen LogP contribution is -2.19. The number of benzene rings is 1. The molecule has 0 aliphatic rings. The summed E-state index contributed by atoms with van der Waals surface area (Å²) in [6.07, 6.45) is 0. The van der Waals surface area contributed by atoms with Crippen LogP contribution in [0.5, 0.6) is 0 Å². The molecule has 0 bridgehead atoms. The first-order valence-electron chi connectivity index (χ1n) is 5.12. The molecule has 0 radical (unpaired) electrons. The third kappa shape index (κ3) is 2.78. The number of alkyl halides is 1. The summed E-state index contributed by atoms with van der Waals surface area (Å²) >= 11 is 0. The highest BCUT2D eigenvalue weighted by atomic mass is 19.2. The molecule has 0 heterocycles. The molecule has 15 heavy (non-hydrogen) atoms. The van der Waals surface area contributed by atoms with Crippen LogP contribution in [0.25, 0.3) is 0 Å². The molecule has 0 saturated heterocycles. The maximum Gasteiger partial charge on any atom is 0.232 e. The third-order valence-electron chi connectivity index (χ3n) is 2.63. The predicted molar refractivity (Wildman–Crippen MR) is 60.6 cm³/mol. The van der Waals surface area contributed by atoms with Crippen LogP contribution in [0.2, 0.25) is 0 Å². The van der Waals surface area contributed by atoms with Gasteiger partial charge in [0.05, 0.1) is 0 Å². The van der Waals surface area contributed by atoms with Crippen LogP contribution in [0, 0.1) is 0 Å². The largest absolute Gasteiger partial charge is 0.346 e. The predicted octanol–water partition coefficient (Wildman–Crippen LogP) is 3.77. The van der Waals surface area contributed by atoms with E-state index in [1.165, 1.54) is 14.0 Å². The van der Waals surface area contributed by atoms with Crippen LogP contribution in [0.3, 0.4) is 0 Å². The van der Waals surface area contributed by atoms with E-state index in [9.17, 15) is 4.39 Å². The summed E-state index contributed by atoms with van der Waals surface area (Å²) in [5, 5.41) is 0. The summed E-state index contributed by atoms with van der Waals surface area (Å²) in [6, 6.07) is 7.49. The van der Waals surface area contributed by atoms with Crippen molar-refractivity contribution in [1.29, 1.82) is 0 Å². The van der Waals surface area contributed by atoms with E-state index in [0.717, 1.165) is 5.56 Å². The highest BCUT2D eigenvalue weighted by molar-refractivity contribution is 5.30. The average Bonchev–Trinajstić information content (AvgIpc) is 2.17. The number of hydrogen-bond acceptors (Lipinski definition) is 1. The number of halogens is 1. The Bertz CT molecular complexity index is 337. The lowest BCUT2D eigenvalue weighted by atomic mass is 9.85. The summed E-state index contributed by atoms with van der Waals surface area (Å²) < 4.78 is 18.7. The Morgan fingerprint density at radius 3 is 2.07 bits per heavy atom. The van der Waals surface area contributed by atoms with Gasteiger partial charge in [0.2, 0.25) is 5.85 Å². The van der Waals surface area contributed by atoms with Crippen molar-refractivity contribution in [2.75, 3.05) is 7.11 Å². The van der Waals surface area contributed by atoms with Gasteiger partial charge in [-0.05, 0) is 24.0 Å². The first-order valence-corrected chi connectivity index (χ1v) is 5.12. The van der Waals surface area contributed by atoms with Crippen molar-refractivity contribution >= 4 is 0 Å². The molecule has 0 N–H and O–H groups in total. The Hall–Kier alpha value is -0.890. The van der Waals surface area contributed by atoms with E-state index in [4.69, 9.17) is 4.74 Å². The zero-order valence-electron chi connectivity index (χ0n) is 10.1. The highest BCUT2D eigenvalue weighted by Gasteiger charge is 2.26. The third-order valence-corrected chi connectivity index (χ3v) is 2.63. The molecule has 0 amide bonds. The van der Waals surface area contributed by atoms with Crippen LogP contribution >= 0.6 is 0 Å². The summed E-state index contributed by atoms with van der Waals surface area (Å²) in [6.45, 7) is 7.74. The fraction of sp³-hybridized carbons (Fsp3) is 0.538. The van der Waals surface area contributed by atoms with Crippen molar-refractivity contribution in [3.05, 3.63) is 35.4 Å². The number of ether oxygens (including phenoxy) is 1. The van der Waals surface area contributed by atoms with Gasteiger partial charge in [0.15, 0.2) is 0 Å². The molecular formula is C13H19FO. The summed E-state index contributed by atoms with van der Waals surface area (Å²) in [4.78, 5) is 0. The Labute approximate surface area is 91.3 Å².